The molecule has 0 bridgehead atoms. The molecule has 0 saturated carbocycles. The minimum atomic E-state index is -0.976. The van der Waals surface area contributed by atoms with Crippen LogP contribution in [0.2, 0.25) is 0 Å². The van der Waals surface area contributed by atoms with Crippen LogP contribution in [0.3, 0.4) is 0 Å². The summed E-state index contributed by atoms with van der Waals surface area (Å²) in [6.45, 7) is 2.05. The molecule has 0 aliphatic rings. The van der Waals surface area contributed by atoms with Gasteiger partial charge in [0.1, 0.15) is 0 Å². The number of hydrogen-bond acceptors (Lipinski definition) is 1. The van der Waals surface area contributed by atoms with Crippen LogP contribution in [-0.4, -0.2) is 4.21 Å². The first-order valence-corrected chi connectivity index (χ1v) is 8.17. The van der Waals surface area contributed by atoms with Gasteiger partial charge in [0.2, 0.25) is 0 Å². The maximum absolute atomic E-state index is 12.0. The molecule has 1 unspecified atom stereocenters. The summed E-state index contributed by atoms with van der Waals surface area (Å²) in [5.74, 6) is 0.563. The Labute approximate surface area is 125 Å². The highest BCUT2D eigenvalue weighted by Gasteiger charge is 1.98. The smallest absolute Gasteiger partial charge is 0.0526 e. The van der Waals surface area contributed by atoms with Gasteiger partial charge in [0.15, 0.2) is 0 Å². The van der Waals surface area contributed by atoms with E-state index in [0.717, 1.165) is 15.6 Å². The topological polar surface area (TPSA) is 17.1 Å². The summed E-state index contributed by atoms with van der Waals surface area (Å²) in [7, 11) is -0.976. The summed E-state index contributed by atoms with van der Waals surface area (Å²) in [5, 5.41) is 1.75. The van der Waals surface area contributed by atoms with E-state index in [0.29, 0.717) is 5.75 Å². The van der Waals surface area contributed by atoms with E-state index < -0.39 is 10.8 Å². The van der Waals surface area contributed by atoms with Gasteiger partial charge in [-0.05, 0) is 36.3 Å². The highest BCUT2D eigenvalue weighted by atomic mass is 79.9. The lowest BCUT2D eigenvalue weighted by Gasteiger charge is -1.99. The molecule has 0 N–H and O–H groups in total. The van der Waals surface area contributed by atoms with Crippen LogP contribution in [0.25, 0.3) is 6.08 Å². The Hall–Kier alpha value is -1.19. The van der Waals surface area contributed by atoms with Crippen molar-refractivity contribution in [3.8, 4) is 0 Å². The maximum Gasteiger partial charge on any atom is 0.0526 e. The van der Waals surface area contributed by atoms with Crippen molar-refractivity contribution in [2.45, 2.75) is 12.7 Å². The molecule has 0 aromatic heterocycles. The monoisotopic (exact) mass is 334 g/mol. The SMILES string of the molecule is Cc1ccc(CS(=O)C=Cc2ccc(Br)cc2)cc1. The zero-order chi connectivity index (χ0) is 13.7. The molecule has 2 rings (SSSR count). The van der Waals surface area contributed by atoms with Gasteiger partial charge in [0, 0.05) is 9.88 Å². The maximum atomic E-state index is 12.0. The fraction of sp³-hybridized carbons (Fsp3) is 0.125. The Morgan fingerprint density at radius 3 is 2.32 bits per heavy atom. The van der Waals surface area contributed by atoms with Crippen LogP contribution in [-0.2, 0) is 16.6 Å². The van der Waals surface area contributed by atoms with Crippen LogP contribution in [0.1, 0.15) is 16.7 Å². The van der Waals surface area contributed by atoms with E-state index in [9.17, 15) is 4.21 Å². The largest absolute Gasteiger partial charge is 0.255 e. The Bertz CT molecular complexity index is 585. The molecule has 0 spiro atoms. The van der Waals surface area contributed by atoms with Gasteiger partial charge in [-0.2, -0.15) is 0 Å². The predicted molar refractivity (Wildman–Crippen MR) is 86.2 cm³/mol. The predicted octanol–water partition coefficient (Wildman–Crippen LogP) is 4.68. The van der Waals surface area contributed by atoms with Gasteiger partial charge in [-0.1, -0.05) is 57.9 Å². The van der Waals surface area contributed by atoms with Crippen LogP contribution in [0, 0.1) is 6.92 Å². The molecule has 0 amide bonds. The molecule has 2 aromatic rings. The van der Waals surface area contributed by atoms with Gasteiger partial charge in [-0.25, -0.2) is 0 Å². The molecular weight excluding hydrogens is 320 g/mol. The Morgan fingerprint density at radius 2 is 1.68 bits per heavy atom. The molecule has 19 heavy (non-hydrogen) atoms. The molecule has 3 heteroatoms. The van der Waals surface area contributed by atoms with Crippen molar-refractivity contribution in [1.82, 2.24) is 0 Å². The molecule has 1 atom stereocenters. The first-order chi connectivity index (χ1) is 9.13. The summed E-state index contributed by atoms with van der Waals surface area (Å²) < 4.78 is 13.0. The molecule has 0 heterocycles. The second-order valence-electron chi connectivity index (χ2n) is 4.36. The first kappa shape index (κ1) is 14.2. The highest BCUT2D eigenvalue weighted by Crippen LogP contribution is 2.12. The molecule has 2 aromatic carbocycles. The van der Waals surface area contributed by atoms with Crippen LogP contribution in [0.4, 0.5) is 0 Å². The third-order valence-corrected chi connectivity index (χ3v) is 4.30. The molecule has 98 valence electrons. The normalized spacial score (nSPS) is 12.7. The Balaban J connectivity index is 1.97. The van der Waals surface area contributed by atoms with Crippen molar-refractivity contribution in [2.24, 2.45) is 0 Å². The second kappa shape index (κ2) is 6.83. The van der Waals surface area contributed by atoms with Gasteiger partial charge >= 0.3 is 0 Å². The lowest BCUT2D eigenvalue weighted by molar-refractivity contribution is 0.688. The zero-order valence-corrected chi connectivity index (χ0v) is 13.1. The molecule has 0 aliphatic carbocycles. The minimum Gasteiger partial charge on any atom is -0.255 e. The molecular formula is C16H15BrOS. The van der Waals surface area contributed by atoms with Crippen molar-refractivity contribution >= 4 is 32.8 Å². The van der Waals surface area contributed by atoms with Gasteiger partial charge in [-0.15, -0.1) is 0 Å². The summed E-state index contributed by atoms with van der Waals surface area (Å²) >= 11 is 3.39. The van der Waals surface area contributed by atoms with E-state index in [1.807, 2.05) is 61.5 Å². The van der Waals surface area contributed by atoms with Crippen LogP contribution in [0.15, 0.2) is 58.4 Å². The van der Waals surface area contributed by atoms with Gasteiger partial charge in [0.05, 0.1) is 16.6 Å². The molecule has 0 radical (unpaired) electrons. The minimum absolute atomic E-state index is 0.563. The quantitative estimate of drug-likeness (QED) is 0.793. The Morgan fingerprint density at radius 1 is 1.05 bits per heavy atom. The van der Waals surface area contributed by atoms with Crippen LogP contribution in [0.5, 0.6) is 0 Å². The third kappa shape index (κ3) is 4.77. The third-order valence-electron chi connectivity index (χ3n) is 2.71. The number of rotatable bonds is 4. The lowest BCUT2D eigenvalue weighted by Crippen LogP contribution is -1.91. The van der Waals surface area contributed by atoms with Crippen molar-refractivity contribution < 1.29 is 4.21 Å². The van der Waals surface area contributed by atoms with E-state index in [2.05, 4.69) is 15.9 Å². The second-order valence-corrected chi connectivity index (χ2v) is 6.60. The van der Waals surface area contributed by atoms with Gasteiger partial charge < -0.3 is 0 Å². The average Bonchev–Trinajstić information content (AvgIpc) is 2.41. The van der Waals surface area contributed by atoms with E-state index >= 15 is 0 Å². The number of aryl methyl sites for hydroxylation is 1. The standard InChI is InChI=1S/C16H15BrOS/c1-13-2-4-15(5-3-13)12-19(18)11-10-14-6-8-16(17)9-7-14/h2-11H,12H2,1H3. The fourth-order valence-electron chi connectivity index (χ4n) is 1.63. The average molecular weight is 335 g/mol. The van der Waals surface area contributed by atoms with E-state index in [1.54, 1.807) is 5.41 Å². The number of halogens is 1. The van der Waals surface area contributed by atoms with Gasteiger partial charge in [0.25, 0.3) is 0 Å². The lowest BCUT2D eigenvalue weighted by atomic mass is 10.2. The van der Waals surface area contributed by atoms with Crippen molar-refractivity contribution in [3.63, 3.8) is 0 Å². The summed E-state index contributed by atoms with van der Waals surface area (Å²) in [5.41, 5.74) is 3.38. The van der Waals surface area contributed by atoms with E-state index in [4.69, 9.17) is 0 Å². The summed E-state index contributed by atoms with van der Waals surface area (Å²) in [6, 6.07) is 16.1. The molecule has 0 fully saturated rings. The number of benzene rings is 2. The van der Waals surface area contributed by atoms with Crippen molar-refractivity contribution in [3.05, 3.63) is 75.1 Å². The van der Waals surface area contributed by atoms with E-state index in [1.165, 1.54) is 5.56 Å². The first-order valence-electron chi connectivity index (χ1n) is 6.00. The molecule has 0 saturated heterocycles. The van der Waals surface area contributed by atoms with E-state index in [-0.39, 0.29) is 0 Å². The van der Waals surface area contributed by atoms with Crippen LogP contribution >= 0.6 is 15.9 Å². The van der Waals surface area contributed by atoms with Crippen molar-refractivity contribution in [2.75, 3.05) is 0 Å². The molecule has 1 nitrogen and oxygen atoms in total. The summed E-state index contributed by atoms with van der Waals surface area (Å²) in [6.07, 6.45) is 1.90. The highest BCUT2D eigenvalue weighted by molar-refractivity contribution is 9.10. The molecule has 0 aliphatic heterocycles. The number of hydrogen-bond donors (Lipinski definition) is 0. The summed E-state index contributed by atoms with van der Waals surface area (Å²) in [4.78, 5) is 0. The van der Waals surface area contributed by atoms with Gasteiger partial charge in [-0.3, -0.25) is 4.21 Å². The van der Waals surface area contributed by atoms with Crippen LogP contribution < -0.4 is 0 Å². The fourth-order valence-corrected chi connectivity index (χ4v) is 2.82. The van der Waals surface area contributed by atoms with Crippen molar-refractivity contribution in [1.29, 1.82) is 0 Å². The Kier molecular flexibility index (Phi) is 5.11. The zero-order valence-electron chi connectivity index (χ0n) is 10.7.